The third kappa shape index (κ3) is 7.26. The summed E-state index contributed by atoms with van der Waals surface area (Å²) < 4.78 is 0. The molecule has 0 bridgehead atoms. The molecule has 0 saturated heterocycles. The summed E-state index contributed by atoms with van der Waals surface area (Å²) in [5, 5.41) is 18.0. The van der Waals surface area contributed by atoms with Gasteiger partial charge in [0.1, 0.15) is 0 Å². The van der Waals surface area contributed by atoms with Gasteiger partial charge in [0.25, 0.3) is 0 Å². The Labute approximate surface area is 428 Å². The maximum absolute atomic E-state index is 10.7. The van der Waals surface area contributed by atoms with Crippen molar-refractivity contribution in [3.8, 4) is 118 Å². The van der Waals surface area contributed by atoms with Crippen LogP contribution in [0.1, 0.15) is 5.56 Å². The molecular weight excluding hydrogens is 897 g/mol. The summed E-state index contributed by atoms with van der Waals surface area (Å²) >= 11 is 0. The monoisotopic (exact) mass is 938 g/mol. The maximum Gasteiger partial charge on any atom is 0.164 e. The molecule has 4 heteroatoms. The SMILES string of the molecule is N#Cc1cccc(-c2cccc(-c3ccc4c(c3)-c3cccc5cccc-4c35)c2)c1-c1cccc(-c2cccc(-c3nc(-c4ccccc4)nc(-c4ccccc4-c4cc5ccccc5c5ccccc45)n3)c2)c1. The Morgan fingerprint density at radius 2 is 0.743 bits per heavy atom. The summed E-state index contributed by atoms with van der Waals surface area (Å²) in [6, 6.07) is 92.3. The number of aromatic nitrogens is 3. The minimum Gasteiger partial charge on any atom is -0.208 e. The van der Waals surface area contributed by atoms with E-state index < -0.39 is 0 Å². The van der Waals surface area contributed by atoms with Crippen molar-refractivity contribution in [1.29, 1.82) is 5.26 Å². The lowest BCUT2D eigenvalue weighted by Crippen LogP contribution is -2.01. The largest absolute Gasteiger partial charge is 0.208 e. The Bertz CT molecular complexity index is 4450. The predicted octanol–water partition coefficient (Wildman–Crippen LogP) is 18.2. The van der Waals surface area contributed by atoms with Gasteiger partial charge in [0.2, 0.25) is 0 Å². The Morgan fingerprint density at radius 1 is 0.257 bits per heavy atom. The number of hydrogen-bond acceptors (Lipinski definition) is 4. The lowest BCUT2D eigenvalue weighted by atomic mass is 9.88. The number of nitrogens with zero attached hydrogens (tertiary/aromatic N) is 4. The fraction of sp³-hybridized carbons (Fsp3) is 0. The standard InChI is InChI=1S/C70H42N4/c71-43-54-27-15-33-56(50-24-10-21-46(38-50)49-36-37-60-61-34-13-19-44-20-14-35-62(67(44)61)65(60)41-49)66(54)52-25-11-22-47(39-52)48-23-12-26-53(40-48)69-72-68(45-16-2-1-3-17-45)73-70(74-69)63-32-9-8-31-59(63)64-42-51-18-4-5-28-55(51)57-29-6-7-30-58(57)64/h1-42H. The Hall–Kier alpha value is -10.1. The van der Waals surface area contributed by atoms with Crippen molar-refractivity contribution in [3.63, 3.8) is 0 Å². The molecule has 0 unspecified atom stereocenters. The summed E-state index contributed by atoms with van der Waals surface area (Å²) in [6.07, 6.45) is 0. The lowest BCUT2D eigenvalue weighted by molar-refractivity contribution is 1.07. The third-order valence-corrected chi connectivity index (χ3v) is 14.7. The van der Waals surface area contributed by atoms with E-state index in [9.17, 15) is 5.26 Å². The molecule has 1 aliphatic rings. The highest BCUT2D eigenvalue weighted by atomic mass is 15.0. The van der Waals surface area contributed by atoms with E-state index in [-0.39, 0.29) is 0 Å². The van der Waals surface area contributed by atoms with Crippen molar-refractivity contribution in [2.45, 2.75) is 0 Å². The number of fused-ring (bicyclic) bond motifs is 6. The van der Waals surface area contributed by atoms with Crippen molar-refractivity contribution in [2.24, 2.45) is 0 Å². The van der Waals surface area contributed by atoms with Crippen molar-refractivity contribution in [1.82, 2.24) is 15.0 Å². The topological polar surface area (TPSA) is 62.5 Å². The fourth-order valence-corrected chi connectivity index (χ4v) is 11.3. The van der Waals surface area contributed by atoms with Gasteiger partial charge in [-0.3, -0.25) is 0 Å². The first-order valence-corrected chi connectivity index (χ1v) is 25.0. The molecule has 14 rings (SSSR count). The second-order valence-corrected chi connectivity index (χ2v) is 19.0. The normalized spacial score (nSPS) is 11.5. The zero-order valence-electron chi connectivity index (χ0n) is 40.0. The van der Waals surface area contributed by atoms with Gasteiger partial charge in [0.15, 0.2) is 17.5 Å². The van der Waals surface area contributed by atoms with Crippen LogP contribution in [0.3, 0.4) is 0 Å². The summed E-state index contributed by atoms with van der Waals surface area (Å²) in [5.74, 6) is 1.77. The summed E-state index contributed by atoms with van der Waals surface area (Å²) in [4.78, 5) is 15.7. The zero-order valence-corrected chi connectivity index (χ0v) is 40.0. The molecule has 0 spiro atoms. The average Bonchev–Trinajstić information content (AvgIpc) is 3.80. The highest BCUT2D eigenvalue weighted by Crippen LogP contribution is 2.49. The zero-order chi connectivity index (χ0) is 49.1. The highest BCUT2D eigenvalue weighted by molar-refractivity contribution is 6.16. The average molecular weight is 939 g/mol. The van der Waals surface area contributed by atoms with E-state index in [4.69, 9.17) is 15.0 Å². The van der Waals surface area contributed by atoms with Crippen LogP contribution in [-0.2, 0) is 0 Å². The van der Waals surface area contributed by atoms with Crippen LogP contribution in [-0.4, -0.2) is 15.0 Å². The quantitative estimate of drug-likeness (QED) is 0.142. The molecule has 342 valence electrons. The van der Waals surface area contributed by atoms with Crippen molar-refractivity contribution in [3.05, 3.63) is 260 Å². The second kappa shape index (κ2) is 17.6. The lowest BCUT2D eigenvalue weighted by Gasteiger charge is -2.16. The van der Waals surface area contributed by atoms with Gasteiger partial charge in [0.05, 0.1) is 11.6 Å². The van der Waals surface area contributed by atoms with E-state index in [1.54, 1.807) is 0 Å². The van der Waals surface area contributed by atoms with E-state index in [0.717, 1.165) is 72.3 Å². The van der Waals surface area contributed by atoms with Crippen molar-refractivity contribution in [2.75, 3.05) is 0 Å². The molecule has 0 fully saturated rings. The molecule has 13 aromatic rings. The minimum atomic E-state index is 0.576. The number of benzene rings is 12. The van der Waals surface area contributed by atoms with Crippen LogP contribution in [0.25, 0.3) is 144 Å². The van der Waals surface area contributed by atoms with Gasteiger partial charge in [-0.2, -0.15) is 5.26 Å². The van der Waals surface area contributed by atoms with Crippen LogP contribution >= 0.6 is 0 Å². The fourth-order valence-electron chi connectivity index (χ4n) is 11.3. The molecule has 0 aliphatic heterocycles. The first-order valence-electron chi connectivity index (χ1n) is 25.0. The maximum atomic E-state index is 10.7. The van der Waals surface area contributed by atoms with Crippen LogP contribution in [0.5, 0.6) is 0 Å². The molecule has 1 heterocycles. The Kier molecular flexibility index (Phi) is 10.2. The molecule has 0 saturated carbocycles. The molecule has 74 heavy (non-hydrogen) atoms. The number of hydrogen-bond donors (Lipinski definition) is 0. The molecule has 0 N–H and O–H groups in total. The van der Waals surface area contributed by atoms with Crippen molar-refractivity contribution < 1.29 is 0 Å². The van der Waals surface area contributed by atoms with Crippen LogP contribution in [0.15, 0.2) is 255 Å². The molecule has 1 aromatic heterocycles. The van der Waals surface area contributed by atoms with Gasteiger partial charge < -0.3 is 0 Å². The van der Waals surface area contributed by atoms with E-state index in [1.807, 2.05) is 42.5 Å². The van der Waals surface area contributed by atoms with Crippen LogP contribution < -0.4 is 0 Å². The second-order valence-electron chi connectivity index (χ2n) is 19.0. The van der Waals surface area contributed by atoms with E-state index in [1.165, 1.54) is 54.6 Å². The highest BCUT2D eigenvalue weighted by Gasteiger charge is 2.23. The summed E-state index contributed by atoms with van der Waals surface area (Å²) in [5.41, 5.74) is 18.8. The molecule has 4 nitrogen and oxygen atoms in total. The van der Waals surface area contributed by atoms with Gasteiger partial charge in [-0.15, -0.1) is 0 Å². The van der Waals surface area contributed by atoms with Gasteiger partial charge in [0, 0.05) is 22.3 Å². The van der Waals surface area contributed by atoms with E-state index in [2.05, 4.69) is 218 Å². The minimum absolute atomic E-state index is 0.576. The number of nitriles is 1. The first kappa shape index (κ1) is 42.8. The summed E-state index contributed by atoms with van der Waals surface area (Å²) in [6.45, 7) is 0. The van der Waals surface area contributed by atoms with Gasteiger partial charge in [-0.05, 0) is 141 Å². The predicted molar refractivity (Wildman–Crippen MR) is 305 cm³/mol. The van der Waals surface area contributed by atoms with Gasteiger partial charge in [-0.25, -0.2) is 15.0 Å². The van der Waals surface area contributed by atoms with E-state index in [0.29, 0.717) is 23.0 Å². The smallest absolute Gasteiger partial charge is 0.164 e. The molecular formula is C70H42N4. The van der Waals surface area contributed by atoms with E-state index >= 15 is 0 Å². The van der Waals surface area contributed by atoms with Gasteiger partial charge in [-0.1, -0.05) is 218 Å². The number of rotatable bonds is 8. The Morgan fingerprint density at radius 3 is 1.51 bits per heavy atom. The van der Waals surface area contributed by atoms with Crippen molar-refractivity contribution >= 4 is 32.3 Å². The van der Waals surface area contributed by atoms with Gasteiger partial charge >= 0.3 is 0 Å². The van der Waals surface area contributed by atoms with Crippen LogP contribution in [0, 0.1) is 11.3 Å². The molecule has 0 atom stereocenters. The molecule has 0 amide bonds. The molecule has 1 aliphatic carbocycles. The third-order valence-electron chi connectivity index (χ3n) is 14.7. The van der Waals surface area contributed by atoms with Crippen LogP contribution in [0.4, 0.5) is 0 Å². The van der Waals surface area contributed by atoms with Crippen LogP contribution in [0.2, 0.25) is 0 Å². The first-order chi connectivity index (χ1) is 36.6. The molecule has 0 radical (unpaired) electrons. The molecule has 12 aromatic carbocycles. The summed E-state index contributed by atoms with van der Waals surface area (Å²) in [7, 11) is 0. The Balaban J connectivity index is 0.848.